The van der Waals surface area contributed by atoms with Crippen molar-refractivity contribution in [1.29, 1.82) is 0 Å². The SMILES string of the molecule is CC[C@@H](c1ccc(OC(F)(F)F)c(F)c1)N1CCNCC1.Cl.Cl. The van der Waals surface area contributed by atoms with Gasteiger partial charge in [-0.2, -0.15) is 0 Å². The molecule has 1 atom stereocenters. The Morgan fingerprint density at radius 1 is 1.22 bits per heavy atom. The Balaban J connectivity index is 0.00000242. The minimum Gasteiger partial charge on any atom is -0.403 e. The predicted molar refractivity (Wildman–Crippen MR) is 85.1 cm³/mol. The summed E-state index contributed by atoms with van der Waals surface area (Å²) in [6, 6.07) is 3.68. The van der Waals surface area contributed by atoms with Gasteiger partial charge in [0.25, 0.3) is 0 Å². The topological polar surface area (TPSA) is 24.5 Å². The molecule has 1 aliphatic rings. The van der Waals surface area contributed by atoms with E-state index in [-0.39, 0.29) is 30.9 Å². The van der Waals surface area contributed by atoms with E-state index in [0.29, 0.717) is 5.56 Å². The summed E-state index contributed by atoms with van der Waals surface area (Å²) in [7, 11) is 0. The lowest BCUT2D eigenvalue weighted by Crippen LogP contribution is -2.45. The molecule has 0 aromatic heterocycles. The second kappa shape index (κ2) is 9.52. The van der Waals surface area contributed by atoms with Gasteiger partial charge in [0.05, 0.1) is 0 Å². The number of rotatable bonds is 4. The van der Waals surface area contributed by atoms with Crippen molar-refractivity contribution in [3.63, 3.8) is 0 Å². The molecule has 9 heteroatoms. The normalized spacial score (nSPS) is 16.9. The predicted octanol–water partition coefficient (Wildman–Crippen LogP) is 3.92. The summed E-state index contributed by atoms with van der Waals surface area (Å²) in [5, 5.41) is 3.23. The summed E-state index contributed by atoms with van der Waals surface area (Å²) in [6.07, 6.45) is -4.12. The molecule has 1 aromatic rings. The Morgan fingerprint density at radius 2 is 1.83 bits per heavy atom. The van der Waals surface area contributed by atoms with E-state index in [9.17, 15) is 17.6 Å². The van der Waals surface area contributed by atoms with Crippen molar-refractivity contribution in [2.24, 2.45) is 0 Å². The lowest BCUT2D eigenvalue weighted by molar-refractivity contribution is -0.275. The van der Waals surface area contributed by atoms with Crippen LogP contribution >= 0.6 is 24.8 Å². The van der Waals surface area contributed by atoms with Crippen LogP contribution in [0.15, 0.2) is 18.2 Å². The highest BCUT2D eigenvalue weighted by molar-refractivity contribution is 5.85. The first-order valence-corrected chi connectivity index (χ1v) is 6.90. The molecule has 23 heavy (non-hydrogen) atoms. The molecule has 2 rings (SSSR count). The molecule has 1 fully saturated rings. The van der Waals surface area contributed by atoms with Crippen LogP contribution in [-0.2, 0) is 0 Å². The number of benzene rings is 1. The smallest absolute Gasteiger partial charge is 0.403 e. The van der Waals surface area contributed by atoms with Gasteiger partial charge in [-0.3, -0.25) is 4.90 Å². The van der Waals surface area contributed by atoms with Gasteiger partial charge < -0.3 is 10.1 Å². The van der Waals surface area contributed by atoms with Crippen molar-refractivity contribution in [2.45, 2.75) is 25.7 Å². The van der Waals surface area contributed by atoms with Crippen LogP contribution in [0.25, 0.3) is 0 Å². The molecule has 1 N–H and O–H groups in total. The molecule has 0 radical (unpaired) electrons. The van der Waals surface area contributed by atoms with Crippen molar-refractivity contribution in [1.82, 2.24) is 10.2 Å². The molecule has 1 heterocycles. The monoisotopic (exact) mass is 378 g/mol. The number of halogens is 6. The maximum absolute atomic E-state index is 13.8. The summed E-state index contributed by atoms with van der Waals surface area (Å²) < 4.78 is 53.8. The van der Waals surface area contributed by atoms with Gasteiger partial charge in [0.1, 0.15) is 0 Å². The maximum atomic E-state index is 13.8. The van der Waals surface area contributed by atoms with Gasteiger partial charge in [-0.15, -0.1) is 38.0 Å². The summed E-state index contributed by atoms with van der Waals surface area (Å²) in [5.41, 5.74) is 0.673. The van der Waals surface area contributed by atoms with Gasteiger partial charge in [-0.05, 0) is 24.1 Å². The van der Waals surface area contributed by atoms with Crippen molar-refractivity contribution in [2.75, 3.05) is 26.2 Å². The summed E-state index contributed by atoms with van der Waals surface area (Å²) >= 11 is 0. The summed E-state index contributed by atoms with van der Waals surface area (Å²) in [4.78, 5) is 2.20. The van der Waals surface area contributed by atoms with Crippen LogP contribution in [0.4, 0.5) is 17.6 Å². The van der Waals surface area contributed by atoms with Gasteiger partial charge in [-0.1, -0.05) is 13.0 Å². The lowest BCUT2D eigenvalue weighted by atomic mass is 10.0. The van der Waals surface area contributed by atoms with Crippen LogP contribution in [0.3, 0.4) is 0 Å². The van der Waals surface area contributed by atoms with E-state index >= 15 is 0 Å². The minimum atomic E-state index is -4.88. The van der Waals surface area contributed by atoms with E-state index in [2.05, 4.69) is 15.0 Å². The fraction of sp³-hybridized carbons (Fsp3) is 0.571. The van der Waals surface area contributed by atoms with Crippen LogP contribution < -0.4 is 10.1 Å². The van der Waals surface area contributed by atoms with E-state index in [0.717, 1.165) is 44.7 Å². The number of nitrogens with zero attached hydrogens (tertiary/aromatic N) is 1. The van der Waals surface area contributed by atoms with E-state index < -0.39 is 17.9 Å². The van der Waals surface area contributed by atoms with E-state index in [1.165, 1.54) is 6.07 Å². The number of nitrogens with one attached hydrogen (secondary N) is 1. The zero-order valence-electron chi connectivity index (χ0n) is 12.5. The largest absolute Gasteiger partial charge is 0.573 e. The zero-order chi connectivity index (χ0) is 15.5. The van der Waals surface area contributed by atoms with Crippen molar-refractivity contribution in [3.05, 3.63) is 29.6 Å². The lowest BCUT2D eigenvalue weighted by Gasteiger charge is -2.34. The average Bonchev–Trinajstić information content (AvgIpc) is 2.42. The number of ether oxygens (including phenoxy) is 1. The first-order valence-electron chi connectivity index (χ1n) is 6.90. The van der Waals surface area contributed by atoms with Gasteiger partial charge in [0.2, 0.25) is 0 Å². The van der Waals surface area contributed by atoms with Crippen molar-refractivity contribution < 1.29 is 22.3 Å². The molecule has 0 bridgehead atoms. The molecule has 1 aromatic carbocycles. The molecule has 1 aliphatic heterocycles. The first kappa shape index (κ1) is 22.2. The third kappa shape index (κ3) is 6.33. The van der Waals surface area contributed by atoms with E-state index in [1.807, 2.05) is 6.92 Å². The standard InChI is InChI=1S/C14H18F4N2O.2ClH/c1-2-12(20-7-5-19-6-8-20)10-3-4-13(11(15)9-10)21-14(16,17)18;;/h3-4,9,12,19H,2,5-8H2,1H3;2*1H/t12-;;/m0../s1. The van der Waals surface area contributed by atoms with Crippen molar-refractivity contribution in [3.8, 4) is 5.75 Å². The molecule has 3 nitrogen and oxygen atoms in total. The van der Waals surface area contributed by atoms with Crippen molar-refractivity contribution >= 4 is 24.8 Å². The first-order chi connectivity index (χ1) is 9.90. The molecule has 0 unspecified atom stereocenters. The zero-order valence-corrected chi connectivity index (χ0v) is 14.2. The molecule has 1 saturated heterocycles. The Kier molecular flexibility index (Phi) is 9.20. The second-order valence-corrected chi connectivity index (χ2v) is 4.95. The van der Waals surface area contributed by atoms with Crippen LogP contribution in [-0.4, -0.2) is 37.4 Å². The highest BCUT2D eigenvalue weighted by Gasteiger charge is 2.32. The highest BCUT2D eigenvalue weighted by atomic mass is 35.5. The van der Waals surface area contributed by atoms with E-state index in [1.54, 1.807) is 0 Å². The van der Waals surface area contributed by atoms with Crippen LogP contribution in [0.1, 0.15) is 24.9 Å². The Labute approximate surface area is 145 Å². The number of hydrogen-bond acceptors (Lipinski definition) is 3. The number of piperazine rings is 1. The third-order valence-electron chi connectivity index (χ3n) is 3.55. The molecular weight excluding hydrogens is 359 g/mol. The number of hydrogen-bond donors (Lipinski definition) is 1. The molecule has 0 saturated carbocycles. The minimum absolute atomic E-state index is 0. The fourth-order valence-electron chi connectivity index (χ4n) is 2.63. The van der Waals surface area contributed by atoms with Gasteiger partial charge >= 0.3 is 6.36 Å². The summed E-state index contributed by atoms with van der Waals surface area (Å²) in [5.74, 6) is -1.78. The highest BCUT2D eigenvalue weighted by Crippen LogP contribution is 2.30. The second-order valence-electron chi connectivity index (χ2n) is 4.95. The Morgan fingerprint density at radius 3 is 2.30 bits per heavy atom. The van der Waals surface area contributed by atoms with Crippen LogP contribution in [0, 0.1) is 5.82 Å². The van der Waals surface area contributed by atoms with Crippen LogP contribution in [0.2, 0.25) is 0 Å². The van der Waals surface area contributed by atoms with Gasteiger partial charge in [0, 0.05) is 32.2 Å². The average molecular weight is 379 g/mol. The van der Waals surface area contributed by atoms with Gasteiger partial charge in [-0.25, -0.2) is 4.39 Å². The molecule has 134 valence electrons. The molecular formula is C14H20Cl2F4N2O. The maximum Gasteiger partial charge on any atom is 0.573 e. The van der Waals surface area contributed by atoms with Gasteiger partial charge in [0.15, 0.2) is 11.6 Å². The summed E-state index contributed by atoms with van der Waals surface area (Å²) in [6.45, 7) is 5.36. The fourth-order valence-corrected chi connectivity index (χ4v) is 2.63. The Hall–Kier alpha value is -0.760. The van der Waals surface area contributed by atoms with E-state index in [4.69, 9.17) is 0 Å². The molecule has 0 amide bonds. The Bertz CT molecular complexity index is 482. The number of alkyl halides is 3. The molecule has 0 aliphatic carbocycles. The van der Waals surface area contributed by atoms with Crippen LogP contribution in [0.5, 0.6) is 5.75 Å². The third-order valence-corrected chi connectivity index (χ3v) is 3.55. The quantitative estimate of drug-likeness (QED) is 0.803. The molecule has 0 spiro atoms.